The number of ether oxygens (including phenoxy) is 1. The molecule has 4 nitrogen and oxygen atoms in total. The second kappa shape index (κ2) is 5.50. The number of aliphatic carboxylic acids is 1. The van der Waals surface area contributed by atoms with Crippen LogP contribution in [0.1, 0.15) is 25.5 Å². The van der Waals surface area contributed by atoms with E-state index in [-0.39, 0.29) is 18.8 Å². The molecule has 1 aromatic carbocycles. The Morgan fingerprint density at radius 2 is 2.06 bits per heavy atom. The van der Waals surface area contributed by atoms with E-state index in [2.05, 4.69) is 19.2 Å². The number of carbonyl (C=O) groups is 1. The van der Waals surface area contributed by atoms with Gasteiger partial charge in [-0.05, 0) is 11.5 Å². The van der Waals surface area contributed by atoms with Crippen LogP contribution in [-0.2, 0) is 9.53 Å². The molecule has 1 aliphatic rings. The lowest BCUT2D eigenvalue weighted by atomic mass is 9.91. The first-order chi connectivity index (χ1) is 8.59. The number of carboxylic acids is 1. The molecule has 0 bridgehead atoms. The lowest BCUT2D eigenvalue weighted by Gasteiger charge is -2.38. The monoisotopic (exact) mass is 249 g/mol. The number of hydrogen-bond acceptors (Lipinski definition) is 3. The average Bonchev–Trinajstić information content (AvgIpc) is 2.39. The predicted molar refractivity (Wildman–Crippen MR) is 68.3 cm³/mol. The Labute approximate surface area is 107 Å². The van der Waals surface area contributed by atoms with Crippen molar-refractivity contribution in [2.45, 2.75) is 32.0 Å². The Morgan fingerprint density at radius 1 is 1.39 bits per heavy atom. The number of morpholine rings is 1. The summed E-state index contributed by atoms with van der Waals surface area (Å²) in [6.07, 6.45) is -0.0817. The number of nitrogens with one attached hydrogen (secondary N) is 1. The van der Waals surface area contributed by atoms with Crippen molar-refractivity contribution >= 4 is 5.97 Å². The number of hydrogen-bond donors (Lipinski definition) is 2. The van der Waals surface area contributed by atoms with E-state index in [1.165, 1.54) is 0 Å². The van der Waals surface area contributed by atoms with E-state index in [9.17, 15) is 4.79 Å². The molecule has 2 N–H and O–H groups in total. The fourth-order valence-electron chi connectivity index (χ4n) is 2.30. The quantitative estimate of drug-likeness (QED) is 0.858. The van der Waals surface area contributed by atoms with Crippen LogP contribution in [0.3, 0.4) is 0 Å². The van der Waals surface area contributed by atoms with Crippen molar-refractivity contribution in [3.63, 3.8) is 0 Å². The number of rotatable bonds is 3. The summed E-state index contributed by atoms with van der Waals surface area (Å²) in [7, 11) is 0. The van der Waals surface area contributed by atoms with E-state index < -0.39 is 12.0 Å². The molecule has 1 heterocycles. The molecule has 3 unspecified atom stereocenters. The van der Waals surface area contributed by atoms with E-state index in [0.29, 0.717) is 5.92 Å². The van der Waals surface area contributed by atoms with Crippen LogP contribution in [0, 0.1) is 5.92 Å². The summed E-state index contributed by atoms with van der Waals surface area (Å²) in [5.41, 5.74) is 1.09. The fraction of sp³-hybridized carbons (Fsp3) is 0.500. The van der Waals surface area contributed by atoms with Gasteiger partial charge in [0.1, 0.15) is 6.04 Å². The van der Waals surface area contributed by atoms with Crippen LogP contribution in [0.15, 0.2) is 30.3 Å². The molecule has 3 atom stereocenters. The van der Waals surface area contributed by atoms with Gasteiger partial charge in [0.05, 0.1) is 12.7 Å². The lowest BCUT2D eigenvalue weighted by Crippen LogP contribution is -2.55. The molecule has 2 rings (SSSR count). The highest BCUT2D eigenvalue weighted by molar-refractivity contribution is 5.73. The zero-order valence-corrected chi connectivity index (χ0v) is 10.7. The van der Waals surface area contributed by atoms with Gasteiger partial charge in [-0.2, -0.15) is 0 Å². The zero-order valence-electron chi connectivity index (χ0n) is 10.7. The van der Waals surface area contributed by atoms with Gasteiger partial charge in [0.25, 0.3) is 0 Å². The highest BCUT2D eigenvalue weighted by atomic mass is 16.5. The van der Waals surface area contributed by atoms with Gasteiger partial charge in [0, 0.05) is 6.04 Å². The average molecular weight is 249 g/mol. The molecule has 18 heavy (non-hydrogen) atoms. The van der Waals surface area contributed by atoms with Gasteiger partial charge >= 0.3 is 5.97 Å². The third-order valence-electron chi connectivity index (χ3n) is 3.31. The first-order valence-corrected chi connectivity index (χ1v) is 6.25. The maximum Gasteiger partial charge on any atom is 0.323 e. The molecule has 1 saturated heterocycles. The van der Waals surface area contributed by atoms with Crippen LogP contribution in [0.2, 0.25) is 0 Å². The summed E-state index contributed by atoms with van der Waals surface area (Å²) in [5, 5.41) is 12.2. The number of benzene rings is 1. The Kier molecular flexibility index (Phi) is 3.99. The summed E-state index contributed by atoms with van der Waals surface area (Å²) in [5.74, 6) is -0.551. The van der Waals surface area contributed by atoms with Crippen LogP contribution in [0.5, 0.6) is 0 Å². The molecule has 0 aromatic heterocycles. The third-order valence-corrected chi connectivity index (χ3v) is 3.31. The van der Waals surface area contributed by atoms with Gasteiger partial charge in [-0.25, -0.2) is 0 Å². The number of carboxylic acid groups (broad SMARTS) is 1. The van der Waals surface area contributed by atoms with E-state index in [4.69, 9.17) is 9.84 Å². The second-order valence-electron chi connectivity index (χ2n) is 4.99. The zero-order chi connectivity index (χ0) is 13.1. The fourth-order valence-corrected chi connectivity index (χ4v) is 2.30. The molecule has 1 aromatic rings. The molecule has 4 heteroatoms. The maximum absolute atomic E-state index is 11.0. The summed E-state index contributed by atoms with van der Waals surface area (Å²) in [4.78, 5) is 11.0. The van der Waals surface area contributed by atoms with Crippen molar-refractivity contribution < 1.29 is 14.6 Å². The molecule has 1 aliphatic heterocycles. The molecule has 98 valence electrons. The molecule has 0 spiro atoms. The highest BCUT2D eigenvalue weighted by Crippen LogP contribution is 2.29. The predicted octanol–water partition coefficient (Wildman–Crippen LogP) is 1.83. The molecule has 1 fully saturated rings. The standard InChI is InChI=1S/C14H19NO3/c1-9(2)12-13(10-6-4-3-5-7-10)18-8-11(15-12)14(16)17/h3-7,9,11-13,15H,8H2,1-2H3,(H,16,17). The minimum atomic E-state index is -0.854. The van der Waals surface area contributed by atoms with E-state index in [1.54, 1.807) is 0 Å². The largest absolute Gasteiger partial charge is 0.480 e. The van der Waals surface area contributed by atoms with Gasteiger partial charge < -0.3 is 9.84 Å². The van der Waals surface area contributed by atoms with E-state index in [0.717, 1.165) is 5.56 Å². The Bertz CT molecular complexity index is 405. The van der Waals surface area contributed by atoms with Crippen molar-refractivity contribution in [1.29, 1.82) is 0 Å². The first kappa shape index (κ1) is 13.1. The van der Waals surface area contributed by atoms with Gasteiger partial charge in [0.15, 0.2) is 0 Å². The first-order valence-electron chi connectivity index (χ1n) is 6.25. The SMILES string of the molecule is CC(C)C1NC(C(=O)O)COC1c1ccccc1. The molecular formula is C14H19NO3. The second-order valence-corrected chi connectivity index (χ2v) is 4.99. The summed E-state index contributed by atoms with van der Waals surface area (Å²) in [6, 6.07) is 9.34. The van der Waals surface area contributed by atoms with Crippen molar-refractivity contribution in [2.24, 2.45) is 5.92 Å². The Hall–Kier alpha value is -1.39. The van der Waals surface area contributed by atoms with Crippen molar-refractivity contribution in [3.8, 4) is 0 Å². The minimum absolute atomic E-state index is 0.0160. The van der Waals surface area contributed by atoms with E-state index in [1.807, 2.05) is 30.3 Å². The lowest BCUT2D eigenvalue weighted by molar-refractivity contribution is -0.146. The van der Waals surface area contributed by atoms with Crippen LogP contribution in [0.25, 0.3) is 0 Å². The summed E-state index contributed by atoms with van der Waals surface area (Å²) in [6.45, 7) is 4.35. The third kappa shape index (κ3) is 2.71. The van der Waals surface area contributed by atoms with Crippen molar-refractivity contribution in [2.75, 3.05) is 6.61 Å². The van der Waals surface area contributed by atoms with Crippen LogP contribution >= 0.6 is 0 Å². The summed E-state index contributed by atoms with van der Waals surface area (Å²) >= 11 is 0. The molecule has 0 aliphatic carbocycles. The topological polar surface area (TPSA) is 58.6 Å². The van der Waals surface area contributed by atoms with Crippen molar-refractivity contribution in [3.05, 3.63) is 35.9 Å². The minimum Gasteiger partial charge on any atom is -0.480 e. The van der Waals surface area contributed by atoms with Crippen LogP contribution in [-0.4, -0.2) is 29.8 Å². The van der Waals surface area contributed by atoms with Crippen molar-refractivity contribution in [1.82, 2.24) is 5.32 Å². The molecule has 0 amide bonds. The molecular weight excluding hydrogens is 230 g/mol. The van der Waals surface area contributed by atoms with Gasteiger partial charge in [-0.1, -0.05) is 44.2 Å². The van der Waals surface area contributed by atoms with Gasteiger partial charge in [-0.3, -0.25) is 10.1 Å². The summed E-state index contributed by atoms with van der Waals surface area (Å²) < 4.78 is 5.77. The molecule has 0 saturated carbocycles. The van der Waals surface area contributed by atoms with Gasteiger partial charge in [-0.15, -0.1) is 0 Å². The smallest absolute Gasteiger partial charge is 0.323 e. The van der Waals surface area contributed by atoms with Crippen LogP contribution in [0.4, 0.5) is 0 Å². The normalized spacial score (nSPS) is 28.3. The highest BCUT2D eigenvalue weighted by Gasteiger charge is 2.36. The Morgan fingerprint density at radius 3 is 2.61 bits per heavy atom. The van der Waals surface area contributed by atoms with Crippen LogP contribution < -0.4 is 5.32 Å². The maximum atomic E-state index is 11.0. The van der Waals surface area contributed by atoms with Gasteiger partial charge in [0.2, 0.25) is 0 Å². The molecule has 0 radical (unpaired) electrons. The van der Waals surface area contributed by atoms with E-state index >= 15 is 0 Å². The Balaban J connectivity index is 2.18.